The number of hydrogen-bond donors (Lipinski definition) is 1. The van der Waals surface area contributed by atoms with Gasteiger partial charge in [-0.1, -0.05) is 0 Å². The van der Waals surface area contributed by atoms with Gasteiger partial charge in [0.15, 0.2) is 0 Å². The molecule has 25 heavy (non-hydrogen) atoms. The average molecular weight is 362 g/mol. The minimum absolute atomic E-state index is 0.0459. The molecule has 0 unspecified atom stereocenters. The molecular formula is C17H18N2O5S. The van der Waals surface area contributed by atoms with Gasteiger partial charge < -0.3 is 19.9 Å². The van der Waals surface area contributed by atoms with Crippen LogP contribution in [0.25, 0.3) is 0 Å². The van der Waals surface area contributed by atoms with Crippen LogP contribution in [-0.2, 0) is 23.8 Å². The summed E-state index contributed by atoms with van der Waals surface area (Å²) in [7, 11) is 0. The topological polar surface area (TPSA) is 112 Å². The smallest absolute Gasteiger partial charge is 0.338 e. The molecule has 2 heterocycles. The van der Waals surface area contributed by atoms with Gasteiger partial charge in [-0.2, -0.15) is 16.6 Å². The highest BCUT2D eigenvalue weighted by molar-refractivity contribution is 7.08. The van der Waals surface area contributed by atoms with Gasteiger partial charge >= 0.3 is 11.9 Å². The SMILES string of the molecule is CCOC(=O)CC1=C(C(=O)OCC)[C@@H](c2ccsc2)C(C#N)=C(N)O1. The molecule has 0 saturated carbocycles. The number of hydrogen-bond acceptors (Lipinski definition) is 8. The third kappa shape index (κ3) is 4.00. The molecule has 0 amide bonds. The molecule has 0 saturated heterocycles. The first kappa shape index (κ1) is 18.5. The second-order valence-electron chi connectivity index (χ2n) is 5.02. The van der Waals surface area contributed by atoms with E-state index in [2.05, 4.69) is 0 Å². The second-order valence-corrected chi connectivity index (χ2v) is 5.80. The van der Waals surface area contributed by atoms with Crippen molar-refractivity contribution in [1.82, 2.24) is 0 Å². The van der Waals surface area contributed by atoms with Crippen molar-refractivity contribution in [3.8, 4) is 6.07 Å². The number of carbonyl (C=O) groups excluding carboxylic acids is 2. The highest BCUT2D eigenvalue weighted by atomic mass is 32.1. The Morgan fingerprint density at radius 1 is 1.36 bits per heavy atom. The molecule has 0 radical (unpaired) electrons. The summed E-state index contributed by atoms with van der Waals surface area (Å²) in [6.07, 6.45) is -0.276. The Balaban J connectivity index is 2.56. The Morgan fingerprint density at radius 2 is 2.08 bits per heavy atom. The Morgan fingerprint density at radius 3 is 2.64 bits per heavy atom. The van der Waals surface area contributed by atoms with E-state index < -0.39 is 17.9 Å². The Bertz CT molecular complexity index is 759. The van der Waals surface area contributed by atoms with Crippen LogP contribution in [0.3, 0.4) is 0 Å². The molecule has 1 aliphatic heterocycles. The summed E-state index contributed by atoms with van der Waals surface area (Å²) in [5.41, 5.74) is 6.77. The lowest BCUT2D eigenvalue weighted by Gasteiger charge is -2.27. The van der Waals surface area contributed by atoms with Crippen molar-refractivity contribution in [2.24, 2.45) is 5.73 Å². The zero-order chi connectivity index (χ0) is 18.4. The number of thiophene rings is 1. The van der Waals surface area contributed by atoms with Crippen LogP contribution < -0.4 is 5.73 Å². The van der Waals surface area contributed by atoms with Gasteiger partial charge in [-0.3, -0.25) is 4.79 Å². The minimum atomic E-state index is -0.742. The molecule has 7 nitrogen and oxygen atoms in total. The molecule has 8 heteroatoms. The second kappa shape index (κ2) is 8.35. The maximum Gasteiger partial charge on any atom is 0.338 e. The van der Waals surface area contributed by atoms with Crippen molar-refractivity contribution in [2.45, 2.75) is 26.2 Å². The van der Waals surface area contributed by atoms with Gasteiger partial charge in [-0.25, -0.2) is 4.79 Å². The van der Waals surface area contributed by atoms with Gasteiger partial charge in [0.1, 0.15) is 23.8 Å². The molecule has 0 aliphatic carbocycles. The molecule has 0 bridgehead atoms. The van der Waals surface area contributed by atoms with Gasteiger partial charge in [0, 0.05) is 0 Å². The number of nitrogens with zero attached hydrogens (tertiary/aromatic N) is 1. The molecule has 2 rings (SSSR count). The predicted octanol–water partition coefficient (Wildman–Crippen LogP) is 2.33. The zero-order valence-electron chi connectivity index (χ0n) is 13.9. The van der Waals surface area contributed by atoms with Gasteiger partial charge in [-0.05, 0) is 36.2 Å². The van der Waals surface area contributed by atoms with E-state index in [9.17, 15) is 14.9 Å². The standard InChI is InChI=1S/C17H18N2O5S/c1-3-22-13(20)7-12-15(17(21)23-4-2)14(10-5-6-25-9-10)11(8-18)16(19)24-12/h5-6,9,14H,3-4,7,19H2,1-2H3/t14-/m0/s1. The zero-order valence-corrected chi connectivity index (χ0v) is 14.7. The van der Waals surface area contributed by atoms with Crippen LogP contribution in [0, 0.1) is 11.3 Å². The summed E-state index contributed by atoms with van der Waals surface area (Å²) in [4.78, 5) is 24.4. The summed E-state index contributed by atoms with van der Waals surface area (Å²) in [6, 6.07) is 3.78. The first-order valence-corrected chi connectivity index (χ1v) is 8.63. The van der Waals surface area contributed by atoms with E-state index in [1.54, 1.807) is 19.9 Å². The summed E-state index contributed by atoms with van der Waals surface area (Å²) < 4.78 is 15.5. The third-order valence-electron chi connectivity index (χ3n) is 3.48. The third-order valence-corrected chi connectivity index (χ3v) is 4.18. The number of carbonyl (C=O) groups is 2. The van der Waals surface area contributed by atoms with Gasteiger partial charge in [0.2, 0.25) is 5.88 Å². The first-order chi connectivity index (χ1) is 12.0. The van der Waals surface area contributed by atoms with E-state index in [4.69, 9.17) is 19.9 Å². The number of ether oxygens (including phenoxy) is 3. The van der Waals surface area contributed by atoms with E-state index in [0.717, 1.165) is 0 Å². The van der Waals surface area contributed by atoms with Crippen LogP contribution in [0.5, 0.6) is 0 Å². The van der Waals surface area contributed by atoms with Crippen LogP contribution in [0.4, 0.5) is 0 Å². The Kier molecular flexibility index (Phi) is 6.19. The lowest BCUT2D eigenvalue weighted by Crippen LogP contribution is -2.27. The maximum atomic E-state index is 12.5. The average Bonchev–Trinajstić information content (AvgIpc) is 3.08. The van der Waals surface area contributed by atoms with Gasteiger partial charge in [0.05, 0.1) is 24.7 Å². The summed E-state index contributed by atoms with van der Waals surface area (Å²) >= 11 is 1.42. The number of esters is 2. The van der Waals surface area contributed by atoms with Crippen LogP contribution in [-0.4, -0.2) is 25.2 Å². The highest BCUT2D eigenvalue weighted by Crippen LogP contribution is 2.41. The normalized spacial score (nSPS) is 16.9. The molecule has 1 aliphatic rings. The van der Waals surface area contributed by atoms with E-state index in [-0.39, 0.29) is 42.4 Å². The van der Waals surface area contributed by atoms with Crippen LogP contribution in [0.15, 0.2) is 39.6 Å². The van der Waals surface area contributed by atoms with E-state index in [1.807, 2.05) is 16.8 Å². The molecule has 0 spiro atoms. The summed E-state index contributed by atoms with van der Waals surface area (Å²) in [5, 5.41) is 13.1. The molecule has 1 atom stereocenters. The summed E-state index contributed by atoms with van der Waals surface area (Å²) in [5.74, 6) is -2.04. The van der Waals surface area contributed by atoms with Crippen LogP contribution in [0.1, 0.15) is 31.7 Å². The lowest BCUT2D eigenvalue weighted by molar-refractivity contribution is -0.143. The van der Waals surface area contributed by atoms with Crippen molar-refractivity contribution < 1.29 is 23.8 Å². The fraction of sp³-hybridized carbons (Fsp3) is 0.353. The van der Waals surface area contributed by atoms with Crippen molar-refractivity contribution in [3.63, 3.8) is 0 Å². The number of allylic oxidation sites excluding steroid dienone is 1. The number of rotatable bonds is 6. The molecule has 0 fully saturated rings. The van der Waals surface area contributed by atoms with Gasteiger partial charge in [0.25, 0.3) is 0 Å². The van der Waals surface area contributed by atoms with Crippen molar-refractivity contribution in [1.29, 1.82) is 5.26 Å². The van der Waals surface area contributed by atoms with Crippen LogP contribution in [0.2, 0.25) is 0 Å². The fourth-order valence-corrected chi connectivity index (χ4v) is 3.18. The predicted molar refractivity (Wildman–Crippen MR) is 89.9 cm³/mol. The van der Waals surface area contributed by atoms with E-state index >= 15 is 0 Å². The lowest BCUT2D eigenvalue weighted by atomic mass is 9.84. The van der Waals surface area contributed by atoms with Crippen LogP contribution >= 0.6 is 11.3 Å². The molecule has 0 aromatic carbocycles. The fourth-order valence-electron chi connectivity index (χ4n) is 2.50. The largest absolute Gasteiger partial charge is 0.466 e. The Labute approximate surface area is 149 Å². The maximum absolute atomic E-state index is 12.5. The monoisotopic (exact) mass is 362 g/mol. The number of nitrogens with two attached hydrogens (primary N) is 1. The molecule has 1 aromatic heterocycles. The molecule has 132 valence electrons. The van der Waals surface area contributed by atoms with Crippen molar-refractivity contribution in [2.75, 3.05) is 13.2 Å². The molecular weight excluding hydrogens is 344 g/mol. The van der Waals surface area contributed by atoms with E-state index in [1.165, 1.54) is 11.3 Å². The minimum Gasteiger partial charge on any atom is -0.466 e. The Hall–Kier alpha value is -2.79. The quantitative estimate of drug-likeness (QED) is 0.773. The summed E-state index contributed by atoms with van der Waals surface area (Å²) in [6.45, 7) is 3.69. The van der Waals surface area contributed by atoms with E-state index in [0.29, 0.717) is 5.56 Å². The highest BCUT2D eigenvalue weighted by Gasteiger charge is 2.38. The first-order valence-electron chi connectivity index (χ1n) is 7.68. The number of nitriles is 1. The molecule has 2 N–H and O–H groups in total. The van der Waals surface area contributed by atoms with Crippen molar-refractivity contribution >= 4 is 23.3 Å². The van der Waals surface area contributed by atoms with Crippen molar-refractivity contribution in [3.05, 3.63) is 45.2 Å². The van der Waals surface area contributed by atoms with Gasteiger partial charge in [-0.15, -0.1) is 0 Å². The molecule has 1 aromatic rings.